The lowest BCUT2D eigenvalue weighted by Crippen LogP contribution is -2.24. The molecule has 0 saturated heterocycles. The minimum Gasteiger partial charge on any atom is -0.166 e. The van der Waals surface area contributed by atoms with Gasteiger partial charge >= 0.3 is 6.18 Å². The maximum absolute atomic E-state index is 12.6. The Kier molecular flexibility index (Phi) is 5.26. The van der Waals surface area contributed by atoms with E-state index >= 15 is 0 Å². The topological polar surface area (TPSA) is 0 Å². The van der Waals surface area contributed by atoms with Crippen molar-refractivity contribution in [3.8, 4) is 0 Å². The Labute approximate surface area is 115 Å². The van der Waals surface area contributed by atoms with Gasteiger partial charge in [-0.2, -0.15) is 13.2 Å². The SMILES string of the molecule is CCC(CC)(CBr)Cc1cccc(C(F)(F)F)c1. The number of hydrogen-bond donors (Lipinski definition) is 0. The number of benzene rings is 1. The molecule has 0 unspecified atom stereocenters. The molecule has 4 heteroatoms. The van der Waals surface area contributed by atoms with Crippen molar-refractivity contribution in [3.63, 3.8) is 0 Å². The number of halogens is 4. The van der Waals surface area contributed by atoms with Gasteiger partial charge in [-0.15, -0.1) is 0 Å². The molecule has 102 valence electrons. The first-order valence-corrected chi connectivity index (χ1v) is 7.21. The molecule has 0 N–H and O–H groups in total. The summed E-state index contributed by atoms with van der Waals surface area (Å²) in [6.45, 7) is 4.16. The number of hydrogen-bond acceptors (Lipinski definition) is 0. The number of rotatable bonds is 5. The van der Waals surface area contributed by atoms with Crippen molar-refractivity contribution in [3.05, 3.63) is 35.4 Å². The Bertz CT molecular complexity index is 373. The summed E-state index contributed by atoms with van der Waals surface area (Å²) in [5.41, 5.74) is 0.244. The molecule has 0 saturated carbocycles. The lowest BCUT2D eigenvalue weighted by molar-refractivity contribution is -0.137. The van der Waals surface area contributed by atoms with Crippen LogP contribution in [0.3, 0.4) is 0 Å². The van der Waals surface area contributed by atoms with Gasteiger partial charge in [0.1, 0.15) is 0 Å². The molecule has 0 aliphatic heterocycles. The molecule has 0 radical (unpaired) electrons. The molecule has 0 heterocycles. The summed E-state index contributed by atoms with van der Waals surface area (Å²) in [5.74, 6) is 0. The molecule has 0 aliphatic carbocycles. The zero-order valence-corrected chi connectivity index (χ0v) is 12.2. The zero-order chi connectivity index (χ0) is 13.8. The second-order valence-corrected chi connectivity index (χ2v) is 5.28. The van der Waals surface area contributed by atoms with Gasteiger partial charge in [-0.3, -0.25) is 0 Å². The van der Waals surface area contributed by atoms with Gasteiger partial charge < -0.3 is 0 Å². The molecule has 0 fully saturated rings. The van der Waals surface area contributed by atoms with Crippen molar-refractivity contribution in [1.82, 2.24) is 0 Å². The highest BCUT2D eigenvalue weighted by molar-refractivity contribution is 9.09. The Hall–Kier alpha value is -0.510. The van der Waals surface area contributed by atoms with Gasteiger partial charge in [0.2, 0.25) is 0 Å². The highest BCUT2D eigenvalue weighted by atomic mass is 79.9. The highest BCUT2D eigenvalue weighted by Gasteiger charge is 2.31. The summed E-state index contributed by atoms with van der Waals surface area (Å²) >= 11 is 3.49. The Morgan fingerprint density at radius 3 is 2.17 bits per heavy atom. The standard InChI is InChI=1S/C14H18BrF3/c1-3-13(4-2,10-15)9-11-6-5-7-12(8-11)14(16,17)18/h5-8H,3-4,9-10H2,1-2H3. The first-order valence-electron chi connectivity index (χ1n) is 6.09. The zero-order valence-electron chi connectivity index (χ0n) is 10.6. The maximum Gasteiger partial charge on any atom is 0.416 e. The molecule has 0 spiro atoms. The van der Waals surface area contributed by atoms with E-state index in [-0.39, 0.29) is 5.41 Å². The van der Waals surface area contributed by atoms with Crippen LogP contribution in [0.5, 0.6) is 0 Å². The Morgan fingerprint density at radius 1 is 1.11 bits per heavy atom. The van der Waals surface area contributed by atoms with Gasteiger partial charge in [0.05, 0.1) is 5.56 Å². The van der Waals surface area contributed by atoms with Crippen LogP contribution >= 0.6 is 15.9 Å². The average molecular weight is 323 g/mol. The fourth-order valence-corrected chi connectivity index (χ4v) is 3.02. The van der Waals surface area contributed by atoms with Crippen molar-refractivity contribution in [1.29, 1.82) is 0 Å². The molecule has 0 atom stereocenters. The largest absolute Gasteiger partial charge is 0.416 e. The van der Waals surface area contributed by atoms with Crippen LogP contribution in [-0.4, -0.2) is 5.33 Å². The summed E-state index contributed by atoms with van der Waals surface area (Å²) in [6.07, 6.45) is -1.68. The van der Waals surface area contributed by atoms with Crippen LogP contribution in [0.1, 0.15) is 37.8 Å². The molecule has 0 amide bonds. The molecule has 0 aromatic heterocycles. The minimum atomic E-state index is -4.26. The first-order chi connectivity index (χ1) is 8.37. The van der Waals surface area contributed by atoms with Crippen molar-refractivity contribution >= 4 is 15.9 Å². The Balaban J connectivity index is 2.98. The predicted molar refractivity (Wildman–Crippen MR) is 72.0 cm³/mol. The summed E-state index contributed by atoms with van der Waals surface area (Å²) < 4.78 is 37.9. The normalized spacial score (nSPS) is 12.8. The molecule has 0 aliphatic rings. The van der Waals surface area contributed by atoms with E-state index < -0.39 is 11.7 Å². The summed E-state index contributed by atoms with van der Waals surface area (Å²) in [6, 6.07) is 5.65. The lowest BCUT2D eigenvalue weighted by atomic mass is 9.79. The third kappa shape index (κ3) is 3.74. The molecule has 1 rings (SSSR count). The monoisotopic (exact) mass is 322 g/mol. The maximum atomic E-state index is 12.6. The van der Waals surface area contributed by atoms with Crippen LogP contribution in [0.25, 0.3) is 0 Å². The van der Waals surface area contributed by atoms with Gasteiger partial charge in [0.25, 0.3) is 0 Å². The summed E-state index contributed by atoms with van der Waals surface area (Å²) in [4.78, 5) is 0. The predicted octanol–water partition coefficient (Wildman–Crippen LogP) is 5.45. The van der Waals surface area contributed by atoms with Crippen LogP contribution < -0.4 is 0 Å². The minimum absolute atomic E-state index is 0.0459. The van der Waals surface area contributed by atoms with Gasteiger partial charge in [0.15, 0.2) is 0 Å². The van der Waals surface area contributed by atoms with E-state index in [1.807, 2.05) is 0 Å². The second-order valence-electron chi connectivity index (χ2n) is 4.72. The van der Waals surface area contributed by atoms with Crippen molar-refractivity contribution in [2.75, 3.05) is 5.33 Å². The molecule has 1 aromatic carbocycles. The second kappa shape index (κ2) is 6.09. The van der Waals surface area contributed by atoms with Gasteiger partial charge in [-0.25, -0.2) is 0 Å². The van der Waals surface area contributed by atoms with E-state index in [0.29, 0.717) is 6.42 Å². The molecular weight excluding hydrogens is 305 g/mol. The summed E-state index contributed by atoms with van der Waals surface area (Å²) in [7, 11) is 0. The van der Waals surface area contributed by atoms with Crippen LogP contribution in [0.2, 0.25) is 0 Å². The van der Waals surface area contributed by atoms with E-state index in [0.717, 1.165) is 29.8 Å². The average Bonchev–Trinajstić information content (AvgIpc) is 2.35. The van der Waals surface area contributed by atoms with E-state index in [4.69, 9.17) is 0 Å². The highest BCUT2D eigenvalue weighted by Crippen LogP contribution is 2.35. The quantitative estimate of drug-likeness (QED) is 0.632. The van der Waals surface area contributed by atoms with Gasteiger partial charge in [-0.05, 0) is 36.3 Å². The number of alkyl halides is 4. The molecule has 18 heavy (non-hydrogen) atoms. The van der Waals surface area contributed by atoms with Gasteiger partial charge in [0, 0.05) is 5.33 Å². The van der Waals surface area contributed by atoms with Crippen molar-refractivity contribution < 1.29 is 13.2 Å². The third-order valence-corrected chi connectivity index (χ3v) is 4.81. The third-order valence-electron chi connectivity index (χ3n) is 3.62. The molecule has 0 nitrogen and oxygen atoms in total. The molecule has 0 bridgehead atoms. The first kappa shape index (κ1) is 15.5. The van der Waals surface area contributed by atoms with E-state index in [9.17, 15) is 13.2 Å². The van der Waals surface area contributed by atoms with Crippen LogP contribution in [0.15, 0.2) is 24.3 Å². The molecule has 1 aromatic rings. The lowest BCUT2D eigenvalue weighted by Gasteiger charge is -2.29. The Morgan fingerprint density at radius 2 is 1.72 bits per heavy atom. The van der Waals surface area contributed by atoms with Crippen molar-refractivity contribution in [2.24, 2.45) is 5.41 Å². The van der Waals surface area contributed by atoms with E-state index in [1.165, 1.54) is 12.1 Å². The van der Waals surface area contributed by atoms with E-state index in [1.54, 1.807) is 6.07 Å². The van der Waals surface area contributed by atoms with Crippen LogP contribution in [0, 0.1) is 5.41 Å². The van der Waals surface area contributed by atoms with Crippen LogP contribution in [0.4, 0.5) is 13.2 Å². The van der Waals surface area contributed by atoms with Crippen LogP contribution in [-0.2, 0) is 12.6 Å². The van der Waals surface area contributed by atoms with E-state index in [2.05, 4.69) is 29.8 Å². The van der Waals surface area contributed by atoms with Crippen molar-refractivity contribution in [2.45, 2.75) is 39.3 Å². The summed E-state index contributed by atoms with van der Waals surface area (Å²) in [5, 5.41) is 0.809. The fraction of sp³-hybridized carbons (Fsp3) is 0.571. The fourth-order valence-electron chi connectivity index (χ4n) is 2.03. The smallest absolute Gasteiger partial charge is 0.166 e. The van der Waals surface area contributed by atoms with Gasteiger partial charge in [-0.1, -0.05) is 48.0 Å². The molecular formula is C14H18BrF3.